The average Bonchev–Trinajstić information content (AvgIpc) is 2.78. The van der Waals surface area contributed by atoms with Gasteiger partial charge in [-0.3, -0.25) is 5.41 Å². The third-order valence-electron chi connectivity index (χ3n) is 2.53. The Morgan fingerprint density at radius 3 is 3.12 bits per heavy atom. The summed E-state index contributed by atoms with van der Waals surface area (Å²) in [6, 6.07) is 1.72. The third-order valence-corrected chi connectivity index (χ3v) is 3.51. The van der Waals surface area contributed by atoms with Gasteiger partial charge in [-0.2, -0.15) is 0 Å². The van der Waals surface area contributed by atoms with Crippen LogP contribution in [-0.4, -0.2) is 34.3 Å². The van der Waals surface area contributed by atoms with E-state index in [1.165, 1.54) is 0 Å². The number of ether oxygens (including phenoxy) is 1. The number of nitrogens with one attached hydrogen (secondary N) is 1. The van der Waals surface area contributed by atoms with Crippen molar-refractivity contribution in [1.29, 1.82) is 5.41 Å². The fraction of sp³-hybridized carbons (Fsp3) is 0.545. The van der Waals surface area contributed by atoms with Gasteiger partial charge >= 0.3 is 0 Å². The van der Waals surface area contributed by atoms with Gasteiger partial charge in [0, 0.05) is 18.1 Å². The molecule has 92 valence electrons. The van der Waals surface area contributed by atoms with Gasteiger partial charge in [-0.1, -0.05) is 11.8 Å². The summed E-state index contributed by atoms with van der Waals surface area (Å²) in [5, 5.41) is 8.05. The molecule has 5 nitrogen and oxygen atoms in total. The van der Waals surface area contributed by atoms with Crippen LogP contribution in [0.3, 0.4) is 0 Å². The molecule has 1 aromatic heterocycles. The molecule has 0 amide bonds. The molecule has 6 heteroatoms. The first-order valence-electron chi connectivity index (χ1n) is 5.59. The van der Waals surface area contributed by atoms with Crippen LogP contribution in [-0.2, 0) is 4.74 Å². The van der Waals surface area contributed by atoms with Crippen molar-refractivity contribution in [3.8, 4) is 0 Å². The van der Waals surface area contributed by atoms with E-state index in [9.17, 15) is 0 Å². The predicted molar refractivity (Wildman–Crippen MR) is 67.5 cm³/mol. The fourth-order valence-electron chi connectivity index (χ4n) is 1.69. The topological polar surface area (TPSA) is 84.9 Å². The SMILES string of the molecule is Cc1cc(C(=N)N)nc(SCC2CCCO2)n1. The Morgan fingerprint density at radius 1 is 1.65 bits per heavy atom. The average molecular weight is 252 g/mol. The van der Waals surface area contributed by atoms with E-state index in [0.29, 0.717) is 17.0 Å². The molecule has 1 saturated heterocycles. The predicted octanol–water partition coefficient (Wildman–Crippen LogP) is 1.34. The Labute approximate surface area is 105 Å². The molecule has 0 radical (unpaired) electrons. The molecule has 3 N–H and O–H groups in total. The summed E-state index contributed by atoms with van der Waals surface area (Å²) >= 11 is 1.56. The molecular formula is C11H16N4OS. The van der Waals surface area contributed by atoms with Gasteiger partial charge in [0.2, 0.25) is 0 Å². The molecule has 1 aliphatic rings. The van der Waals surface area contributed by atoms with Crippen molar-refractivity contribution in [1.82, 2.24) is 9.97 Å². The number of rotatable bonds is 4. The zero-order valence-corrected chi connectivity index (χ0v) is 10.6. The minimum absolute atomic E-state index is 0.0190. The monoisotopic (exact) mass is 252 g/mol. The highest BCUT2D eigenvalue weighted by Crippen LogP contribution is 2.21. The molecule has 0 spiro atoms. The number of aryl methyl sites for hydroxylation is 1. The normalized spacial score (nSPS) is 19.5. The van der Waals surface area contributed by atoms with Crippen LogP contribution in [0.4, 0.5) is 0 Å². The lowest BCUT2D eigenvalue weighted by molar-refractivity contribution is 0.129. The van der Waals surface area contributed by atoms with Gasteiger partial charge < -0.3 is 10.5 Å². The lowest BCUT2D eigenvalue weighted by atomic mass is 10.3. The minimum Gasteiger partial charge on any atom is -0.382 e. The third kappa shape index (κ3) is 3.41. The molecule has 0 aromatic carbocycles. The zero-order valence-electron chi connectivity index (χ0n) is 9.77. The molecule has 1 atom stereocenters. The van der Waals surface area contributed by atoms with Gasteiger partial charge in [0.25, 0.3) is 0 Å². The van der Waals surface area contributed by atoms with Crippen LogP contribution < -0.4 is 5.73 Å². The van der Waals surface area contributed by atoms with Crippen molar-refractivity contribution >= 4 is 17.6 Å². The number of nitrogens with two attached hydrogens (primary N) is 1. The van der Waals surface area contributed by atoms with E-state index in [2.05, 4.69) is 9.97 Å². The second kappa shape index (κ2) is 5.46. The zero-order chi connectivity index (χ0) is 12.3. The highest BCUT2D eigenvalue weighted by molar-refractivity contribution is 7.99. The number of thioether (sulfide) groups is 1. The van der Waals surface area contributed by atoms with Crippen molar-refractivity contribution in [2.45, 2.75) is 31.0 Å². The largest absolute Gasteiger partial charge is 0.382 e. The van der Waals surface area contributed by atoms with E-state index in [1.54, 1.807) is 17.8 Å². The minimum atomic E-state index is -0.0190. The lowest BCUT2D eigenvalue weighted by Gasteiger charge is -2.08. The maximum atomic E-state index is 7.38. The van der Waals surface area contributed by atoms with Crippen LogP contribution in [0, 0.1) is 12.3 Å². The molecule has 1 unspecified atom stereocenters. The standard InChI is InChI=1S/C11H16N4OS/c1-7-5-9(10(12)13)15-11(14-7)17-6-8-3-2-4-16-8/h5,8H,2-4,6H2,1H3,(H3,12,13). The number of aromatic nitrogens is 2. The summed E-state index contributed by atoms with van der Waals surface area (Å²) in [6.07, 6.45) is 2.56. The quantitative estimate of drug-likeness (QED) is 0.365. The van der Waals surface area contributed by atoms with E-state index in [0.717, 1.165) is 30.9 Å². The Balaban J connectivity index is 2.01. The first kappa shape index (κ1) is 12.3. The smallest absolute Gasteiger partial charge is 0.188 e. The lowest BCUT2D eigenvalue weighted by Crippen LogP contribution is -2.15. The van der Waals surface area contributed by atoms with Crippen LogP contribution in [0.15, 0.2) is 11.2 Å². The fourth-order valence-corrected chi connectivity index (χ4v) is 2.66. The molecule has 0 saturated carbocycles. The molecule has 17 heavy (non-hydrogen) atoms. The summed E-state index contributed by atoms with van der Waals surface area (Å²) in [5.74, 6) is 0.843. The van der Waals surface area contributed by atoms with Crippen molar-refractivity contribution in [2.75, 3.05) is 12.4 Å². The van der Waals surface area contributed by atoms with Gasteiger partial charge in [0.05, 0.1) is 6.10 Å². The van der Waals surface area contributed by atoms with Crippen LogP contribution in [0.25, 0.3) is 0 Å². The number of nitrogens with zero attached hydrogens (tertiary/aromatic N) is 2. The Morgan fingerprint density at radius 2 is 2.47 bits per heavy atom. The van der Waals surface area contributed by atoms with Crippen LogP contribution in [0.1, 0.15) is 24.2 Å². The van der Waals surface area contributed by atoms with Gasteiger partial charge in [0.1, 0.15) is 11.5 Å². The van der Waals surface area contributed by atoms with Crippen molar-refractivity contribution < 1.29 is 4.74 Å². The first-order chi connectivity index (χ1) is 8.15. The van der Waals surface area contributed by atoms with E-state index < -0.39 is 0 Å². The molecular weight excluding hydrogens is 236 g/mol. The number of nitrogen functional groups attached to an aromatic ring is 1. The van der Waals surface area contributed by atoms with E-state index in [1.807, 2.05) is 6.92 Å². The second-order valence-electron chi connectivity index (χ2n) is 4.04. The van der Waals surface area contributed by atoms with Crippen molar-refractivity contribution in [3.63, 3.8) is 0 Å². The Hall–Kier alpha value is -1.14. The summed E-state index contributed by atoms with van der Waals surface area (Å²) in [7, 11) is 0. The van der Waals surface area contributed by atoms with Gasteiger partial charge in [-0.15, -0.1) is 0 Å². The Kier molecular flexibility index (Phi) is 3.96. The molecule has 0 aliphatic carbocycles. The van der Waals surface area contributed by atoms with E-state index in [4.69, 9.17) is 15.9 Å². The maximum Gasteiger partial charge on any atom is 0.188 e. The molecule has 2 rings (SSSR count). The molecule has 2 heterocycles. The summed E-state index contributed by atoms with van der Waals surface area (Å²) < 4.78 is 5.54. The number of amidine groups is 1. The van der Waals surface area contributed by atoms with E-state index >= 15 is 0 Å². The van der Waals surface area contributed by atoms with Crippen LogP contribution >= 0.6 is 11.8 Å². The van der Waals surface area contributed by atoms with Crippen molar-refractivity contribution in [3.05, 3.63) is 17.5 Å². The van der Waals surface area contributed by atoms with Gasteiger partial charge in [0.15, 0.2) is 5.16 Å². The number of hydrogen-bond donors (Lipinski definition) is 2. The van der Waals surface area contributed by atoms with E-state index in [-0.39, 0.29) is 5.84 Å². The van der Waals surface area contributed by atoms with Crippen LogP contribution in [0.2, 0.25) is 0 Å². The molecule has 1 aromatic rings. The first-order valence-corrected chi connectivity index (χ1v) is 6.58. The van der Waals surface area contributed by atoms with Gasteiger partial charge in [-0.25, -0.2) is 9.97 Å². The highest BCUT2D eigenvalue weighted by atomic mass is 32.2. The van der Waals surface area contributed by atoms with Crippen molar-refractivity contribution in [2.24, 2.45) is 5.73 Å². The molecule has 1 fully saturated rings. The summed E-state index contributed by atoms with van der Waals surface area (Å²) in [6.45, 7) is 2.74. The summed E-state index contributed by atoms with van der Waals surface area (Å²) in [5.41, 5.74) is 6.76. The summed E-state index contributed by atoms with van der Waals surface area (Å²) in [4.78, 5) is 8.56. The maximum absolute atomic E-state index is 7.38. The number of hydrogen-bond acceptors (Lipinski definition) is 5. The van der Waals surface area contributed by atoms with Crippen LogP contribution in [0.5, 0.6) is 0 Å². The van der Waals surface area contributed by atoms with Gasteiger partial charge in [-0.05, 0) is 25.8 Å². The Bertz CT molecular complexity index is 418. The second-order valence-corrected chi connectivity index (χ2v) is 5.02. The highest BCUT2D eigenvalue weighted by Gasteiger charge is 2.16. The molecule has 1 aliphatic heterocycles. The molecule has 0 bridgehead atoms.